The van der Waals surface area contributed by atoms with E-state index in [0.29, 0.717) is 13.2 Å². The van der Waals surface area contributed by atoms with Crippen LogP contribution in [0.5, 0.6) is 5.75 Å². The number of nitro groups is 1. The Kier molecular flexibility index (Phi) is 5.67. The van der Waals surface area contributed by atoms with Crippen LogP contribution in [0.1, 0.15) is 10.4 Å². The van der Waals surface area contributed by atoms with Crippen LogP contribution in [0.4, 0.5) is 5.69 Å². The SMILES string of the molecule is C=CCN(CCOC)C(=O)c1cccc([N+](=O)[O-])c1O. The van der Waals surface area contributed by atoms with Gasteiger partial charge >= 0.3 is 5.69 Å². The molecule has 0 atom stereocenters. The fourth-order valence-corrected chi connectivity index (χ4v) is 1.65. The molecule has 7 nitrogen and oxygen atoms in total. The number of hydrogen-bond acceptors (Lipinski definition) is 5. The molecule has 0 heterocycles. The summed E-state index contributed by atoms with van der Waals surface area (Å²) in [6.07, 6.45) is 1.53. The molecule has 20 heavy (non-hydrogen) atoms. The summed E-state index contributed by atoms with van der Waals surface area (Å²) in [5.74, 6) is -1.14. The molecule has 0 unspecified atom stereocenters. The average molecular weight is 280 g/mol. The number of benzene rings is 1. The van der Waals surface area contributed by atoms with Gasteiger partial charge in [0, 0.05) is 26.3 Å². The van der Waals surface area contributed by atoms with E-state index in [2.05, 4.69) is 6.58 Å². The normalized spacial score (nSPS) is 10.1. The largest absolute Gasteiger partial charge is 0.502 e. The minimum absolute atomic E-state index is 0.114. The lowest BCUT2D eigenvalue weighted by Crippen LogP contribution is -2.34. The Labute approximate surface area is 116 Å². The molecule has 1 aromatic rings. The number of carbonyl (C=O) groups is 1. The van der Waals surface area contributed by atoms with Gasteiger partial charge in [-0.05, 0) is 6.07 Å². The van der Waals surface area contributed by atoms with E-state index in [-0.39, 0.29) is 12.1 Å². The van der Waals surface area contributed by atoms with Crippen molar-refractivity contribution in [2.24, 2.45) is 0 Å². The van der Waals surface area contributed by atoms with Crippen LogP contribution in [0.25, 0.3) is 0 Å². The maximum absolute atomic E-state index is 12.3. The molecule has 0 aliphatic heterocycles. The molecular weight excluding hydrogens is 264 g/mol. The molecule has 0 saturated carbocycles. The Morgan fingerprint density at radius 2 is 2.30 bits per heavy atom. The van der Waals surface area contributed by atoms with Crippen LogP contribution < -0.4 is 0 Å². The van der Waals surface area contributed by atoms with Gasteiger partial charge in [-0.25, -0.2) is 0 Å². The fourth-order valence-electron chi connectivity index (χ4n) is 1.65. The Morgan fingerprint density at radius 3 is 2.85 bits per heavy atom. The van der Waals surface area contributed by atoms with Crippen molar-refractivity contribution in [2.45, 2.75) is 0 Å². The van der Waals surface area contributed by atoms with Crippen LogP contribution in [-0.2, 0) is 4.74 Å². The molecule has 0 aliphatic carbocycles. The third-order valence-electron chi connectivity index (χ3n) is 2.64. The predicted molar refractivity (Wildman–Crippen MR) is 72.7 cm³/mol. The topological polar surface area (TPSA) is 92.9 Å². The molecule has 0 fully saturated rings. The maximum atomic E-state index is 12.3. The highest BCUT2D eigenvalue weighted by Gasteiger charge is 2.24. The van der Waals surface area contributed by atoms with E-state index in [1.165, 1.54) is 30.2 Å². The fraction of sp³-hybridized carbons (Fsp3) is 0.308. The van der Waals surface area contributed by atoms with Crippen LogP contribution in [0.15, 0.2) is 30.9 Å². The molecule has 1 N–H and O–H groups in total. The highest BCUT2D eigenvalue weighted by molar-refractivity contribution is 5.98. The summed E-state index contributed by atoms with van der Waals surface area (Å²) >= 11 is 0. The van der Waals surface area contributed by atoms with Gasteiger partial charge in [0.05, 0.1) is 17.1 Å². The Bertz CT molecular complexity index is 515. The zero-order chi connectivity index (χ0) is 15.1. The van der Waals surface area contributed by atoms with Gasteiger partial charge in [-0.15, -0.1) is 6.58 Å². The smallest absolute Gasteiger partial charge is 0.311 e. The summed E-state index contributed by atoms with van der Waals surface area (Å²) in [5, 5.41) is 20.6. The van der Waals surface area contributed by atoms with Gasteiger partial charge in [-0.2, -0.15) is 0 Å². The van der Waals surface area contributed by atoms with Crippen molar-refractivity contribution in [1.82, 2.24) is 4.90 Å². The number of ether oxygens (including phenoxy) is 1. The molecular formula is C13H16N2O5. The van der Waals surface area contributed by atoms with E-state index < -0.39 is 22.3 Å². The van der Waals surface area contributed by atoms with Crippen LogP contribution >= 0.6 is 0 Å². The first-order chi connectivity index (χ1) is 9.52. The van der Waals surface area contributed by atoms with Gasteiger partial charge in [0.1, 0.15) is 0 Å². The average Bonchev–Trinajstić information content (AvgIpc) is 2.42. The summed E-state index contributed by atoms with van der Waals surface area (Å²) in [6, 6.07) is 3.83. The van der Waals surface area contributed by atoms with Crippen molar-refractivity contribution in [1.29, 1.82) is 0 Å². The lowest BCUT2D eigenvalue weighted by molar-refractivity contribution is -0.385. The summed E-state index contributed by atoms with van der Waals surface area (Å²) < 4.78 is 4.90. The quantitative estimate of drug-likeness (QED) is 0.465. The number of nitrogens with zero attached hydrogens (tertiary/aromatic N) is 2. The second-order valence-electron chi connectivity index (χ2n) is 3.96. The zero-order valence-electron chi connectivity index (χ0n) is 11.1. The molecule has 7 heteroatoms. The Morgan fingerprint density at radius 1 is 1.60 bits per heavy atom. The number of phenolic OH excluding ortho intramolecular Hbond substituents is 1. The highest BCUT2D eigenvalue weighted by atomic mass is 16.6. The van der Waals surface area contributed by atoms with Crippen LogP contribution in [0, 0.1) is 10.1 Å². The molecule has 0 radical (unpaired) electrons. The number of hydrogen-bond donors (Lipinski definition) is 1. The second-order valence-corrected chi connectivity index (χ2v) is 3.96. The lowest BCUT2D eigenvalue weighted by Gasteiger charge is -2.21. The Hall–Kier alpha value is -2.41. The summed E-state index contributed by atoms with van der Waals surface area (Å²) in [7, 11) is 1.50. The van der Waals surface area contributed by atoms with Crippen LogP contribution in [-0.4, -0.2) is 47.6 Å². The van der Waals surface area contributed by atoms with Gasteiger partial charge in [-0.1, -0.05) is 12.1 Å². The van der Waals surface area contributed by atoms with Crippen molar-refractivity contribution in [3.63, 3.8) is 0 Å². The van der Waals surface area contributed by atoms with Gasteiger partial charge in [-0.3, -0.25) is 14.9 Å². The minimum Gasteiger partial charge on any atom is -0.502 e. The van der Waals surface area contributed by atoms with E-state index in [9.17, 15) is 20.0 Å². The number of para-hydroxylation sites is 1. The monoisotopic (exact) mass is 280 g/mol. The number of aromatic hydroxyl groups is 1. The van der Waals surface area contributed by atoms with Crippen molar-refractivity contribution in [3.05, 3.63) is 46.5 Å². The van der Waals surface area contributed by atoms with Crippen LogP contribution in [0.2, 0.25) is 0 Å². The van der Waals surface area contributed by atoms with E-state index in [0.717, 1.165) is 6.07 Å². The first-order valence-corrected chi connectivity index (χ1v) is 5.88. The van der Waals surface area contributed by atoms with Crippen molar-refractivity contribution >= 4 is 11.6 Å². The van der Waals surface area contributed by atoms with Crippen molar-refractivity contribution < 1.29 is 19.6 Å². The van der Waals surface area contributed by atoms with E-state index in [1.807, 2.05) is 0 Å². The number of methoxy groups -OCH3 is 1. The molecule has 108 valence electrons. The van der Waals surface area contributed by atoms with E-state index >= 15 is 0 Å². The number of nitro benzene ring substituents is 1. The standard InChI is InChI=1S/C13H16N2O5/c1-3-7-14(8-9-20-2)13(17)10-5-4-6-11(12(10)16)15(18)19/h3-6,16H,1,7-9H2,2H3. The predicted octanol–water partition coefficient (Wildman–Crippen LogP) is 1.57. The molecule has 0 aliphatic rings. The minimum atomic E-state index is -0.737. The molecule has 0 spiro atoms. The zero-order valence-corrected chi connectivity index (χ0v) is 11.1. The van der Waals surface area contributed by atoms with Gasteiger partial charge in [0.15, 0.2) is 0 Å². The van der Waals surface area contributed by atoms with Crippen LogP contribution in [0.3, 0.4) is 0 Å². The third kappa shape index (κ3) is 3.55. The van der Waals surface area contributed by atoms with Crippen molar-refractivity contribution in [3.8, 4) is 5.75 Å². The Balaban J connectivity index is 3.08. The first kappa shape index (κ1) is 15.6. The summed E-state index contributed by atoms with van der Waals surface area (Å²) in [4.78, 5) is 23.7. The third-order valence-corrected chi connectivity index (χ3v) is 2.64. The molecule has 1 aromatic carbocycles. The van der Waals surface area contributed by atoms with E-state index in [4.69, 9.17) is 4.74 Å². The molecule has 1 rings (SSSR count). The van der Waals surface area contributed by atoms with Gasteiger partial charge in [0.25, 0.3) is 5.91 Å². The molecule has 1 amide bonds. The molecule has 0 aromatic heterocycles. The number of amides is 1. The molecule has 0 saturated heterocycles. The molecule has 0 bridgehead atoms. The maximum Gasteiger partial charge on any atom is 0.311 e. The van der Waals surface area contributed by atoms with Crippen molar-refractivity contribution in [2.75, 3.05) is 26.8 Å². The first-order valence-electron chi connectivity index (χ1n) is 5.88. The highest BCUT2D eigenvalue weighted by Crippen LogP contribution is 2.30. The number of rotatable bonds is 7. The summed E-state index contributed by atoms with van der Waals surface area (Å²) in [5.41, 5.74) is -0.613. The lowest BCUT2D eigenvalue weighted by atomic mass is 10.1. The number of carbonyl (C=O) groups excluding carboxylic acids is 1. The second kappa shape index (κ2) is 7.25. The van der Waals surface area contributed by atoms with Gasteiger partial charge in [0.2, 0.25) is 5.75 Å². The van der Waals surface area contributed by atoms with E-state index in [1.54, 1.807) is 0 Å². The summed E-state index contributed by atoms with van der Waals surface area (Å²) in [6.45, 7) is 4.41. The number of phenols is 1. The van der Waals surface area contributed by atoms with Gasteiger partial charge < -0.3 is 14.7 Å².